The van der Waals surface area contributed by atoms with Crippen molar-refractivity contribution in [1.82, 2.24) is 4.98 Å². The standard InChI is InChI=1S/C19H21NO6/c1-10-15(19(24)25-4)11(2)20-16(10)17(22)12(3)26-18(23)14-7-5-13(9-21)6-8-14/h5-8,12,20-21H,9H2,1-4H3/t12-/m1/s1. The van der Waals surface area contributed by atoms with E-state index in [4.69, 9.17) is 14.6 Å². The first-order valence-electron chi connectivity index (χ1n) is 8.02. The summed E-state index contributed by atoms with van der Waals surface area (Å²) < 4.78 is 9.95. The van der Waals surface area contributed by atoms with E-state index in [0.29, 0.717) is 22.4 Å². The molecule has 26 heavy (non-hydrogen) atoms. The summed E-state index contributed by atoms with van der Waals surface area (Å²) in [7, 11) is 1.27. The molecule has 2 rings (SSSR count). The van der Waals surface area contributed by atoms with Crippen LogP contribution in [0.5, 0.6) is 0 Å². The Morgan fingerprint density at radius 1 is 1.12 bits per heavy atom. The number of aliphatic hydroxyl groups is 1. The fraction of sp³-hybridized carbons (Fsp3) is 0.316. The molecule has 0 fully saturated rings. The number of aryl methyl sites for hydroxylation is 1. The summed E-state index contributed by atoms with van der Waals surface area (Å²) in [4.78, 5) is 39.5. The Morgan fingerprint density at radius 3 is 2.27 bits per heavy atom. The van der Waals surface area contributed by atoms with Crippen molar-refractivity contribution >= 4 is 17.7 Å². The van der Waals surface area contributed by atoms with Gasteiger partial charge in [-0.15, -0.1) is 0 Å². The van der Waals surface area contributed by atoms with Gasteiger partial charge in [-0.2, -0.15) is 0 Å². The van der Waals surface area contributed by atoms with Crippen LogP contribution in [0.15, 0.2) is 24.3 Å². The number of nitrogens with one attached hydrogen (secondary N) is 1. The average Bonchev–Trinajstić information content (AvgIpc) is 2.94. The highest BCUT2D eigenvalue weighted by Gasteiger charge is 2.27. The largest absolute Gasteiger partial charge is 0.465 e. The van der Waals surface area contributed by atoms with Gasteiger partial charge in [0.2, 0.25) is 5.78 Å². The van der Waals surface area contributed by atoms with Gasteiger partial charge < -0.3 is 19.6 Å². The SMILES string of the molecule is COC(=O)c1c(C)[nH]c(C(=O)[C@@H](C)OC(=O)c2ccc(CO)cc2)c1C. The maximum atomic E-state index is 12.6. The lowest BCUT2D eigenvalue weighted by molar-refractivity contribution is 0.0316. The predicted octanol–water partition coefficient (Wildman–Crippen LogP) is 2.34. The number of benzene rings is 1. The van der Waals surface area contributed by atoms with Crippen molar-refractivity contribution in [3.63, 3.8) is 0 Å². The molecule has 0 unspecified atom stereocenters. The number of ketones is 1. The lowest BCUT2D eigenvalue weighted by Crippen LogP contribution is -2.25. The number of esters is 2. The molecular formula is C19H21NO6. The minimum atomic E-state index is -1.04. The van der Waals surface area contributed by atoms with Crippen LogP contribution in [0.25, 0.3) is 0 Å². The molecule has 0 spiro atoms. The van der Waals surface area contributed by atoms with Crippen molar-refractivity contribution in [3.05, 3.63) is 57.9 Å². The Bertz CT molecular complexity index is 834. The second-order valence-corrected chi connectivity index (χ2v) is 5.88. The van der Waals surface area contributed by atoms with Crippen LogP contribution in [0.2, 0.25) is 0 Å². The molecule has 0 aliphatic heterocycles. The van der Waals surface area contributed by atoms with Gasteiger partial charge in [-0.05, 0) is 44.0 Å². The molecule has 2 N–H and O–H groups in total. The van der Waals surface area contributed by atoms with Crippen LogP contribution in [-0.2, 0) is 16.1 Å². The van der Waals surface area contributed by atoms with Crippen molar-refractivity contribution in [2.24, 2.45) is 0 Å². The molecule has 0 radical (unpaired) electrons. The van der Waals surface area contributed by atoms with E-state index in [2.05, 4.69) is 4.98 Å². The molecule has 0 saturated heterocycles. The Morgan fingerprint density at radius 2 is 1.73 bits per heavy atom. The molecule has 7 heteroatoms. The number of Topliss-reactive ketones (excluding diaryl/α,β-unsaturated/α-hetero) is 1. The highest BCUT2D eigenvalue weighted by atomic mass is 16.5. The van der Waals surface area contributed by atoms with Gasteiger partial charge in [-0.25, -0.2) is 9.59 Å². The smallest absolute Gasteiger partial charge is 0.339 e. The molecule has 0 aliphatic rings. The number of aliphatic hydroxyl groups excluding tert-OH is 1. The topological polar surface area (TPSA) is 106 Å². The van der Waals surface area contributed by atoms with Crippen molar-refractivity contribution in [3.8, 4) is 0 Å². The fourth-order valence-electron chi connectivity index (χ4n) is 2.64. The van der Waals surface area contributed by atoms with Gasteiger partial charge in [0.25, 0.3) is 0 Å². The van der Waals surface area contributed by atoms with Gasteiger partial charge in [0, 0.05) is 5.69 Å². The number of carbonyl (C=O) groups is 3. The zero-order valence-electron chi connectivity index (χ0n) is 15.1. The molecule has 138 valence electrons. The summed E-state index contributed by atoms with van der Waals surface area (Å²) in [6.45, 7) is 4.63. The highest BCUT2D eigenvalue weighted by molar-refractivity contribution is 6.04. The van der Waals surface area contributed by atoms with Gasteiger partial charge in [0.05, 0.1) is 30.5 Å². The molecule has 1 aromatic carbocycles. The van der Waals surface area contributed by atoms with Gasteiger partial charge in [-0.3, -0.25) is 4.79 Å². The zero-order chi connectivity index (χ0) is 19.4. The quantitative estimate of drug-likeness (QED) is 0.606. The van der Waals surface area contributed by atoms with Crippen LogP contribution in [0.3, 0.4) is 0 Å². The van der Waals surface area contributed by atoms with E-state index in [1.807, 2.05) is 0 Å². The van der Waals surface area contributed by atoms with Crippen molar-refractivity contribution in [2.45, 2.75) is 33.5 Å². The molecule has 7 nitrogen and oxygen atoms in total. The molecule has 0 bridgehead atoms. The maximum Gasteiger partial charge on any atom is 0.339 e. The lowest BCUT2D eigenvalue weighted by atomic mass is 10.1. The molecule has 1 atom stereocenters. The van der Waals surface area contributed by atoms with E-state index < -0.39 is 23.8 Å². The Labute approximate surface area is 150 Å². The molecule has 0 saturated carbocycles. The number of H-pyrrole nitrogens is 1. The van der Waals surface area contributed by atoms with E-state index in [1.165, 1.54) is 26.2 Å². The Balaban J connectivity index is 2.16. The third kappa shape index (κ3) is 3.83. The van der Waals surface area contributed by atoms with Gasteiger partial charge >= 0.3 is 11.9 Å². The number of aromatic amines is 1. The predicted molar refractivity (Wildman–Crippen MR) is 93.2 cm³/mol. The number of hydrogen-bond donors (Lipinski definition) is 2. The number of rotatable bonds is 6. The molecule has 1 heterocycles. The number of hydrogen-bond acceptors (Lipinski definition) is 6. The van der Waals surface area contributed by atoms with E-state index in [1.54, 1.807) is 26.0 Å². The number of ether oxygens (including phenoxy) is 2. The number of aromatic nitrogens is 1. The Hall–Kier alpha value is -2.93. The van der Waals surface area contributed by atoms with E-state index in [0.717, 1.165) is 0 Å². The van der Waals surface area contributed by atoms with Crippen LogP contribution >= 0.6 is 0 Å². The maximum absolute atomic E-state index is 12.6. The summed E-state index contributed by atoms with van der Waals surface area (Å²) >= 11 is 0. The average molecular weight is 359 g/mol. The van der Waals surface area contributed by atoms with Gasteiger partial charge in [0.15, 0.2) is 6.10 Å². The van der Waals surface area contributed by atoms with E-state index >= 15 is 0 Å². The monoisotopic (exact) mass is 359 g/mol. The highest BCUT2D eigenvalue weighted by Crippen LogP contribution is 2.21. The summed E-state index contributed by atoms with van der Waals surface area (Å²) in [6, 6.07) is 6.24. The molecule has 0 aliphatic carbocycles. The van der Waals surface area contributed by atoms with Crippen LogP contribution in [0.4, 0.5) is 0 Å². The first-order chi connectivity index (χ1) is 12.3. The molecular weight excluding hydrogens is 338 g/mol. The number of methoxy groups -OCH3 is 1. The second kappa shape index (κ2) is 7.97. The molecule has 0 amide bonds. The first kappa shape index (κ1) is 19.4. The summed E-state index contributed by atoms with van der Waals surface area (Å²) in [5.74, 6) is -1.63. The van der Waals surface area contributed by atoms with Gasteiger partial charge in [0.1, 0.15) is 0 Å². The van der Waals surface area contributed by atoms with Crippen LogP contribution in [0, 0.1) is 13.8 Å². The minimum Gasteiger partial charge on any atom is -0.465 e. The van der Waals surface area contributed by atoms with Crippen LogP contribution in [0.1, 0.15) is 54.9 Å². The third-order valence-corrected chi connectivity index (χ3v) is 4.10. The third-order valence-electron chi connectivity index (χ3n) is 4.10. The first-order valence-corrected chi connectivity index (χ1v) is 8.02. The van der Waals surface area contributed by atoms with E-state index in [-0.39, 0.29) is 17.9 Å². The Kier molecular flexibility index (Phi) is 5.94. The minimum absolute atomic E-state index is 0.127. The second-order valence-electron chi connectivity index (χ2n) is 5.88. The molecule has 1 aromatic heterocycles. The van der Waals surface area contributed by atoms with Crippen LogP contribution in [-0.4, -0.2) is 41.0 Å². The summed E-state index contributed by atoms with van der Waals surface area (Å²) in [5, 5.41) is 9.02. The van der Waals surface area contributed by atoms with E-state index in [9.17, 15) is 14.4 Å². The normalized spacial score (nSPS) is 11.7. The lowest BCUT2D eigenvalue weighted by Gasteiger charge is -2.12. The molecule has 2 aromatic rings. The zero-order valence-corrected chi connectivity index (χ0v) is 15.1. The number of carbonyl (C=O) groups excluding carboxylic acids is 3. The van der Waals surface area contributed by atoms with Gasteiger partial charge in [-0.1, -0.05) is 12.1 Å². The van der Waals surface area contributed by atoms with Crippen molar-refractivity contribution < 1.29 is 29.0 Å². The van der Waals surface area contributed by atoms with Crippen LogP contribution < -0.4 is 0 Å². The van der Waals surface area contributed by atoms with Crippen molar-refractivity contribution in [1.29, 1.82) is 0 Å². The summed E-state index contributed by atoms with van der Waals surface area (Å²) in [6.07, 6.45) is -1.04. The summed E-state index contributed by atoms with van der Waals surface area (Å²) in [5.41, 5.74) is 2.41. The fourth-order valence-corrected chi connectivity index (χ4v) is 2.64. The van der Waals surface area contributed by atoms with Crippen molar-refractivity contribution in [2.75, 3.05) is 7.11 Å².